The quantitative estimate of drug-likeness (QED) is 0.500. The number of aliphatic imine (C=N–C) groups is 1. The zero-order valence-electron chi connectivity index (χ0n) is 15.6. The summed E-state index contributed by atoms with van der Waals surface area (Å²) in [6.45, 7) is 3.90. The molecule has 0 radical (unpaired) electrons. The number of carbonyl (C=O) groups is 1. The molecule has 8 heteroatoms. The van der Waals surface area contributed by atoms with Gasteiger partial charge >= 0.3 is 0 Å². The van der Waals surface area contributed by atoms with E-state index in [2.05, 4.69) is 25.3 Å². The highest BCUT2D eigenvalue weighted by molar-refractivity contribution is 6.07. The first-order valence-electron chi connectivity index (χ1n) is 8.70. The lowest BCUT2D eigenvalue weighted by Crippen LogP contribution is -2.14. The summed E-state index contributed by atoms with van der Waals surface area (Å²) >= 11 is 0. The van der Waals surface area contributed by atoms with E-state index in [1.165, 1.54) is 6.20 Å². The van der Waals surface area contributed by atoms with Crippen LogP contribution in [-0.4, -0.2) is 27.2 Å². The van der Waals surface area contributed by atoms with E-state index in [-0.39, 0.29) is 12.8 Å². The Morgan fingerprint density at radius 2 is 2.11 bits per heavy atom. The number of nitrogens with zero attached hydrogens (tertiary/aromatic N) is 4. The summed E-state index contributed by atoms with van der Waals surface area (Å²) in [7, 11) is 0. The Morgan fingerprint density at radius 1 is 1.29 bits per heavy atom. The van der Waals surface area contributed by atoms with Crippen molar-refractivity contribution < 1.29 is 11.0 Å². The van der Waals surface area contributed by atoms with E-state index in [0.29, 0.717) is 17.3 Å². The Kier molecular flexibility index (Phi) is 5.91. The van der Waals surface area contributed by atoms with E-state index in [4.69, 9.17) is 10.5 Å². The summed E-state index contributed by atoms with van der Waals surface area (Å²) in [5.41, 5.74) is 7.42. The smallest absolute Gasteiger partial charge is 0.260 e. The molecule has 0 aliphatic rings. The maximum atomic E-state index is 12.8. The van der Waals surface area contributed by atoms with Crippen LogP contribution in [0.3, 0.4) is 0 Å². The van der Waals surface area contributed by atoms with Crippen molar-refractivity contribution in [2.75, 3.05) is 5.32 Å². The van der Waals surface area contributed by atoms with Gasteiger partial charge in [-0.15, -0.1) is 0 Å². The van der Waals surface area contributed by atoms with Crippen LogP contribution in [0.25, 0.3) is 0 Å². The lowest BCUT2D eigenvalue weighted by Gasteiger charge is -2.10. The van der Waals surface area contributed by atoms with E-state index in [9.17, 15) is 4.79 Å². The molecule has 0 aromatic carbocycles. The maximum Gasteiger partial charge on any atom is 0.260 e. The average molecular weight is 378 g/mol. The Hall–Kier alpha value is -3.81. The number of rotatable bonds is 6. The fourth-order valence-corrected chi connectivity index (χ4v) is 2.48. The second kappa shape index (κ2) is 8.72. The summed E-state index contributed by atoms with van der Waals surface area (Å²) in [6.07, 6.45) is 6.62. The Balaban J connectivity index is 0.00000300. The van der Waals surface area contributed by atoms with Crippen LogP contribution in [0.2, 0.25) is 0 Å². The molecule has 1 amide bonds. The summed E-state index contributed by atoms with van der Waals surface area (Å²) in [6, 6.07) is 8.83. The van der Waals surface area contributed by atoms with E-state index >= 15 is 0 Å². The summed E-state index contributed by atoms with van der Waals surface area (Å²) < 4.78 is 5.77. The molecule has 0 saturated carbocycles. The van der Waals surface area contributed by atoms with Gasteiger partial charge in [0, 0.05) is 13.3 Å². The van der Waals surface area contributed by atoms with Crippen LogP contribution >= 0.6 is 0 Å². The number of pyridine rings is 3. The van der Waals surface area contributed by atoms with Gasteiger partial charge in [0.15, 0.2) is 5.82 Å². The van der Waals surface area contributed by atoms with Crippen molar-refractivity contribution in [3.8, 4) is 11.5 Å². The topological polar surface area (TPSA) is 115 Å². The van der Waals surface area contributed by atoms with Crippen LogP contribution in [0.5, 0.6) is 11.5 Å². The van der Waals surface area contributed by atoms with Crippen LogP contribution in [0.1, 0.15) is 30.0 Å². The highest BCUT2D eigenvalue weighted by Gasteiger charge is 2.15. The van der Waals surface area contributed by atoms with Crippen LogP contribution in [-0.2, 0) is 6.42 Å². The number of ether oxygens (including phenoxy) is 1. The second-order valence-electron chi connectivity index (χ2n) is 5.94. The van der Waals surface area contributed by atoms with Crippen LogP contribution in [0.4, 0.5) is 11.6 Å². The largest absolute Gasteiger partial charge is 0.454 e. The number of aromatic nitrogens is 3. The molecule has 0 bridgehead atoms. The summed E-state index contributed by atoms with van der Waals surface area (Å²) in [4.78, 5) is 29.4. The Bertz CT molecular complexity index is 1030. The zero-order chi connectivity index (χ0) is 19.9. The highest BCUT2D eigenvalue weighted by Crippen LogP contribution is 2.26. The average Bonchev–Trinajstić information content (AvgIpc) is 2.69. The molecule has 28 heavy (non-hydrogen) atoms. The van der Waals surface area contributed by atoms with E-state index in [1.54, 1.807) is 24.5 Å². The molecule has 3 rings (SSSR count). The molecule has 8 nitrogen and oxygen atoms in total. The normalized spacial score (nSPS) is 10.8. The predicted molar refractivity (Wildman–Crippen MR) is 109 cm³/mol. The molecule has 0 aliphatic heterocycles. The zero-order valence-corrected chi connectivity index (χ0v) is 15.6. The third-order valence-corrected chi connectivity index (χ3v) is 3.78. The van der Waals surface area contributed by atoms with Gasteiger partial charge in [0.05, 0.1) is 24.3 Å². The SMILES string of the molecule is CCc1cccc(NC(=O)c2cc(Oc3cncc(C)c3)cnc2/N=C\N)n1.[HH]. The standard InChI is InChI=1S/C20H20N6O2.H2/c1-3-14-5-4-6-18(25-14)26-20(27)17-8-16(11-23-19(17)24-12-21)28-15-7-13(2)9-22-10-15;/h4-12H,3H2,1-2H3,(H2,21,23,24)(H,25,26,27);1H. The predicted octanol–water partition coefficient (Wildman–Crippen LogP) is 3.65. The summed E-state index contributed by atoms with van der Waals surface area (Å²) in [5, 5.41) is 2.76. The van der Waals surface area contributed by atoms with Gasteiger partial charge in [0.1, 0.15) is 17.3 Å². The van der Waals surface area contributed by atoms with E-state index in [1.807, 2.05) is 32.0 Å². The minimum Gasteiger partial charge on any atom is -0.454 e. The van der Waals surface area contributed by atoms with Crippen LogP contribution in [0.15, 0.2) is 53.9 Å². The molecule has 0 unspecified atom stereocenters. The molecule has 3 heterocycles. The third kappa shape index (κ3) is 4.67. The molecular weight excluding hydrogens is 356 g/mol. The Labute approximate surface area is 164 Å². The van der Waals surface area contributed by atoms with Crippen LogP contribution in [0, 0.1) is 6.92 Å². The second-order valence-corrected chi connectivity index (χ2v) is 5.94. The van der Waals surface area contributed by atoms with Crippen molar-refractivity contribution in [3.05, 3.63) is 65.7 Å². The van der Waals surface area contributed by atoms with Crippen LogP contribution < -0.4 is 15.8 Å². The van der Waals surface area contributed by atoms with Gasteiger partial charge in [-0.1, -0.05) is 13.0 Å². The van der Waals surface area contributed by atoms with Gasteiger partial charge < -0.3 is 15.8 Å². The van der Waals surface area contributed by atoms with Crippen molar-refractivity contribution in [3.63, 3.8) is 0 Å². The first-order chi connectivity index (χ1) is 13.6. The van der Waals surface area contributed by atoms with Gasteiger partial charge in [-0.3, -0.25) is 9.78 Å². The summed E-state index contributed by atoms with van der Waals surface area (Å²) in [5.74, 6) is 1.13. The fourth-order valence-electron chi connectivity index (χ4n) is 2.48. The number of anilines is 1. The van der Waals surface area contributed by atoms with Crippen molar-refractivity contribution in [1.29, 1.82) is 0 Å². The first kappa shape index (κ1) is 19.0. The minimum absolute atomic E-state index is 0. The number of nitrogens with two attached hydrogens (primary N) is 1. The first-order valence-corrected chi connectivity index (χ1v) is 8.70. The molecule has 3 aromatic rings. The highest BCUT2D eigenvalue weighted by atomic mass is 16.5. The molecule has 0 saturated heterocycles. The number of hydrogen-bond acceptors (Lipinski definition) is 6. The molecule has 0 aliphatic carbocycles. The van der Waals surface area contributed by atoms with Crippen molar-refractivity contribution in [2.24, 2.45) is 10.7 Å². The van der Waals surface area contributed by atoms with Crippen molar-refractivity contribution in [2.45, 2.75) is 20.3 Å². The molecule has 0 atom stereocenters. The van der Waals surface area contributed by atoms with Gasteiger partial charge in [-0.05, 0) is 43.2 Å². The van der Waals surface area contributed by atoms with Gasteiger partial charge in [-0.2, -0.15) is 0 Å². The lowest BCUT2D eigenvalue weighted by molar-refractivity contribution is 0.102. The lowest BCUT2D eigenvalue weighted by atomic mass is 10.2. The van der Waals surface area contributed by atoms with Gasteiger partial charge in [0.25, 0.3) is 5.91 Å². The third-order valence-electron chi connectivity index (χ3n) is 3.78. The molecule has 3 N–H and O–H groups in total. The van der Waals surface area contributed by atoms with Gasteiger partial charge in [-0.25, -0.2) is 15.0 Å². The minimum atomic E-state index is -0.415. The molecular formula is C20H22N6O2. The van der Waals surface area contributed by atoms with Gasteiger partial charge in [0.2, 0.25) is 0 Å². The number of amides is 1. The van der Waals surface area contributed by atoms with Crippen molar-refractivity contribution in [1.82, 2.24) is 15.0 Å². The number of hydrogen-bond donors (Lipinski definition) is 2. The molecule has 0 fully saturated rings. The van der Waals surface area contributed by atoms with E-state index < -0.39 is 5.91 Å². The number of aryl methyl sites for hydroxylation is 2. The Morgan fingerprint density at radius 3 is 2.86 bits per heavy atom. The fraction of sp³-hybridized carbons (Fsp3) is 0.150. The molecule has 3 aromatic heterocycles. The maximum absolute atomic E-state index is 12.8. The molecule has 144 valence electrons. The van der Waals surface area contributed by atoms with Crippen molar-refractivity contribution >= 4 is 23.9 Å². The number of carbonyl (C=O) groups excluding carboxylic acids is 1. The molecule has 0 spiro atoms. The number of nitrogens with one attached hydrogen (secondary N) is 1. The monoisotopic (exact) mass is 378 g/mol. The van der Waals surface area contributed by atoms with E-state index in [0.717, 1.165) is 24.0 Å².